The van der Waals surface area contributed by atoms with Crippen LogP contribution in [0.1, 0.15) is 48.0 Å². The molecule has 0 unspecified atom stereocenters. The molecule has 1 aromatic carbocycles. The number of rotatable bonds is 9. The Morgan fingerprint density at radius 3 is 2.58 bits per heavy atom. The topological polar surface area (TPSA) is 84.4 Å². The number of hydrogen-bond acceptors (Lipinski definition) is 7. The van der Waals surface area contributed by atoms with Crippen molar-refractivity contribution in [1.82, 2.24) is 20.2 Å². The number of Topliss-reactive ketones (excluding diaryl/α,β-unsaturated/α-hetero) is 1. The molecule has 1 N–H and O–H groups in total. The van der Waals surface area contributed by atoms with Crippen molar-refractivity contribution in [2.75, 3.05) is 20.1 Å². The first-order valence-corrected chi connectivity index (χ1v) is 14.6. The second kappa shape index (κ2) is 11.4. The average Bonchev–Trinajstić information content (AvgIpc) is 3.67. The number of aromatic nitrogens is 2. The molecule has 40 heavy (non-hydrogen) atoms. The SMILES string of the molecule is CNC1CCN(C(=O)c2ccc(-c3cc4nccc(Oc5ccc(CC(=O)CC6CC6)cc5F)c4s3)nc2)CC1. The summed E-state index contributed by atoms with van der Waals surface area (Å²) in [5.74, 6) is 0.762. The molecule has 1 saturated carbocycles. The monoisotopic (exact) mass is 558 g/mol. The van der Waals surface area contributed by atoms with Crippen LogP contribution < -0.4 is 10.1 Å². The van der Waals surface area contributed by atoms with Gasteiger partial charge in [-0.3, -0.25) is 19.6 Å². The number of fused-ring (bicyclic) bond motifs is 1. The van der Waals surface area contributed by atoms with E-state index in [9.17, 15) is 14.0 Å². The highest BCUT2D eigenvalue weighted by atomic mass is 32.1. The average molecular weight is 559 g/mol. The van der Waals surface area contributed by atoms with Gasteiger partial charge < -0.3 is 15.0 Å². The number of pyridine rings is 2. The van der Waals surface area contributed by atoms with Gasteiger partial charge in [0.1, 0.15) is 11.5 Å². The number of carbonyl (C=O) groups excluding carboxylic acids is 2. The first-order chi connectivity index (χ1) is 19.5. The van der Waals surface area contributed by atoms with Gasteiger partial charge in [-0.2, -0.15) is 0 Å². The number of amides is 1. The number of benzene rings is 1. The molecule has 0 atom stereocenters. The molecule has 1 aliphatic carbocycles. The summed E-state index contributed by atoms with van der Waals surface area (Å²) in [5, 5.41) is 3.28. The molecule has 1 saturated heterocycles. The molecule has 1 aliphatic heterocycles. The fourth-order valence-electron chi connectivity index (χ4n) is 5.14. The van der Waals surface area contributed by atoms with E-state index in [1.54, 1.807) is 30.6 Å². The molecular formula is C31H31FN4O3S. The van der Waals surface area contributed by atoms with Crippen LogP contribution in [0.15, 0.2) is 54.9 Å². The second-order valence-corrected chi connectivity index (χ2v) is 11.7. The zero-order chi connectivity index (χ0) is 27.6. The summed E-state index contributed by atoms with van der Waals surface area (Å²) < 4.78 is 21.7. The Hall–Kier alpha value is -3.69. The van der Waals surface area contributed by atoms with Crippen LogP contribution in [0.2, 0.25) is 0 Å². The molecule has 206 valence electrons. The number of nitrogens with one attached hydrogen (secondary N) is 1. The molecule has 2 aliphatic rings. The Bertz CT molecular complexity index is 1540. The van der Waals surface area contributed by atoms with E-state index in [1.165, 1.54) is 17.4 Å². The van der Waals surface area contributed by atoms with Gasteiger partial charge in [0.25, 0.3) is 5.91 Å². The fourth-order valence-corrected chi connectivity index (χ4v) is 6.18. The van der Waals surface area contributed by atoms with E-state index in [-0.39, 0.29) is 23.9 Å². The van der Waals surface area contributed by atoms with Gasteiger partial charge in [-0.1, -0.05) is 6.07 Å². The Balaban J connectivity index is 1.16. The molecule has 1 amide bonds. The Morgan fingerprint density at radius 1 is 1.05 bits per heavy atom. The molecule has 4 aromatic rings. The lowest BCUT2D eigenvalue weighted by molar-refractivity contribution is -0.118. The van der Waals surface area contributed by atoms with Crippen LogP contribution in [0.5, 0.6) is 11.5 Å². The van der Waals surface area contributed by atoms with Crippen LogP contribution in [0, 0.1) is 11.7 Å². The van der Waals surface area contributed by atoms with Gasteiger partial charge in [0, 0.05) is 50.4 Å². The van der Waals surface area contributed by atoms with Crippen molar-refractivity contribution >= 4 is 33.2 Å². The van der Waals surface area contributed by atoms with Gasteiger partial charge in [-0.25, -0.2) is 4.39 Å². The van der Waals surface area contributed by atoms with Crippen LogP contribution >= 0.6 is 11.3 Å². The standard InChI is InChI=1S/C31H31FN4O3S/c1-33-22-9-12-36(13-10-22)31(38)21-5-6-25(35-18-21)29-17-26-30(40-29)28(8-11-34-26)39-27-7-4-20(16-24(27)32)15-23(37)14-19-2-3-19/h4-8,11,16-19,22,33H,2-3,9-10,12-15H2,1H3. The number of ether oxygens (including phenoxy) is 1. The molecule has 0 bridgehead atoms. The van der Waals surface area contributed by atoms with Crippen molar-refractivity contribution < 1.29 is 18.7 Å². The fraction of sp³-hybridized carbons (Fsp3) is 0.355. The molecule has 7 nitrogen and oxygen atoms in total. The van der Waals surface area contributed by atoms with Gasteiger partial charge >= 0.3 is 0 Å². The minimum Gasteiger partial charge on any atom is -0.453 e. The van der Waals surface area contributed by atoms with Crippen molar-refractivity contribution in [1.29, 1.82) is 0 Å². The lowest BCUT2D eigenvalue weighted by atomic mass is 10.0. The molecule has 0 spiro atoms. The summed E-state index contributed by atoms with van der Waals surface area (Å²) in [4.78, 5) is 36.9. The first kappa shape index (κ1) is 26.5. The zero-order valence-corrected chi connectivity index (χ0v) is 23.2. The van der Waals surface area contributed by atoms with E-state index in [4.69, 9.17) is 4.74 Å². The summed E-state index contributed by atoms with van der Waals surface area (Å²) in [7, 11) is 1.96. The summed E-state index contributed by atoms with van der Waals surface area (Å²) in [6.07, 6.45) is 8.21. The third-order valence-electron chi connectivity index (χ3n) is 7.66. The number of thiophene rings is 1. The molecule has 3 aromatic heterocycles. The van der Waals surface area contributed by atoms with E-state index < -0.39 is 5.82 Å². The highest BCUT2D eigenvalue weighted by molar-refractivity contribution is 7.22. The van der Waals surface area contributed by atoms with Crippen LogP contribution in [0.4, 0.5) is 4.39 Å². The van der Waals surface area contributed by atoms with Crippen molar-refractivity contribution in [2.24, 2.45) is 5.92 Å². The number of nitrogens with zero attached hydrogens (tertiary/aromatic N) is 3. The van der Waals surface area contributed by atoms with E-state index in [0.29, 0.717) is 35.3 Å². The van der Waals surface area contributed by atoms with E-state index >= 15 is 0 Å². The number of likely N-dealkylation sites (tertiary alicyclic amines) is 1. The van der Waals surface area contributed by atoms with E-state index in [2.05, 4.69) is 15.3 Å². The van der Waals surface area contributed by atoms with E-state index in [0.717, 1.165) is 59.6 Å². The van der Waals surface area contributed by atoms with Crippen molar-refractivity contribution in [3.05, 3.63) is 71.8 Å². The lowest BCUT2D eigenvalue weighted by Gasteiger charge is -2.31. The maximum atomic E-state index is 14.9. The number of carbonyl (C=O) groups is 2. The Labute approximate surface area is 236 Å². The summed E-state index contributed by atoms with van der Waals surface area (Å²) >= 11 is 1.45. The van der Waals surface area contributed by atoms with Gasteiger partial charge in [0.05, 0.1) is 26.4 Å². The zero-order valence-electron chi connectivity index (χ0n) is 22.4. The minimum atomic E-state index is -0.504. The number of halogens is 1. The van der Waals surface area contributed by atoms with E-state index in [1.807, 2.05) is 30.1 Å². The van der Waals surface area contributed by atoms with Crippen LogP contribution in [-0.2, 0) is 11.2 Å². The van der Waals surface area contributed by atoms with Crippen LogP contribution in [-0.4, -0.2) is 52.7 Å². The Morgan fingerprint density at radius 2 is 1.88 bits per heavy atom. The number of piperidine rings is 1. The van der Waals surface area contributed by atoms with Crippen molar-refractivity contribution in [3.63, 3.8) is 0 Å². The summed E-state index contributed by atoms with van der Waals surface area (Å²) in [6.45, 7) is 1.47. The molecule has 0 radical (unpaired) electrons. The molecule has 9 heteroatoms. The highest BCUT2D eigenvalue weighted by Crippen LogP contribution is 2.39. The summed E-state index contributed by atoms with van der Waals surface area (Å²) in [5.41, 5.74) is 2.67. The molecule has 2 fully saturated rings. The number of ketones is 1. The normalized spacial score (nSPS) is 15.9. The third kappa shape index (κ3) is 5.90. The Kier molecular flexibility index (Phi) is 7.58. The van der Waals surface area contributed by atoms with Gasteiger partial charge in [-0.15, -0.1) is 11.3 Å². The minimum absolute atomic E-state index is 0.00243. The van der Waals surface area contributed by atoms with Crippen LogP contribution in [0.25, 0.3) is 20.8 Å². The predicted molar refractivity (Wildman–Crippen MR) is 153 cm³/mol. The lowest BCUT2D eigenvalue weighted by Crippen LogP contribution is -2.43. The predicted octanol–water partition coefficient (Wildman–Crippen LogP) is 6.03. The largest absolute Gasteiger partial charge is 0.453 e. The maximum absolute atomic E-state index is 14.9. The van der Waals surface area contributed by atoms with Gasteiger partial charge in [-0.05, 0) is 74.5 Å². The smallest absolute Gasteiger partial charge is 0.255 e. The highest BCUT2D eigenvalue weighted by Gasteiger charge is 2.25. The van der Waals surface area contributed by atoms with Gasteiger partial charge in [0.2, 0.25) is 0 Å². The van der Waals surface area contributed by atoms with Crippen LogP contribution in [0.3, 0.4) is 0 Å². The first-order valence-electron chi connectivity index (χ1n) is 13.8. The van der Waals surface area contributed by atoms with Crippen molar-refractivity contribution in [2.45, 2.75) is 44.6 Å². The maximum Gasteiger partial charge on any atom is 0.255 e. The van der Waals surface area contributed by atoms with Crippen molar-refractivity contribution in [3.8, 4) is 22.1 Å². The molecular weight excluding hydrogens is 527 g/mol. The van der Waals surface area contributed by atoms with Gasteiger partial charge in [0.15, 0.2) is 11.6 Å². The summed E-state index contributed by atoms with van der Waals surface area (Å²) in [6, 6.07) is 12.5. The number of hydrogen-bond donors (Lipinski definition) is 1. The third-order valence-corrected chi connectivity index (χ3v) is 8.82. The molecule has 6 rings (SSSR count). The molecule has 4 heterocycles. The second-order valence-electron chi connectivity index (χ2n) is 10.7. The quantitative estimate of drug-likeness (QED) is 0.270.